The molecule has 0 radical (unpaired) electrons. The third-order valence-electron chi connectivity index (χ3n) is 4.86. The Labute approximate surface area is 149 Å². The van der Waals surface area contributed by atoms with Crippen molar-refractivity contribution in [1.82, 2.24) is 10.2 Å². The SMILES string of the molecule is Cl.Cl.Oc1ccc2ccccc2c1[C@H](C1CC1)N1CCNCC1. The fraction of sp³-hybridized carbons (Fsp3) is 0.444. The number of benzene rings is 2. The lowest BCUT2D eigenvalue weighted by atomic mass is 9.93. The van der Waals surface area contributed by atoms with E-state index in [-0.39, 0.29) is 24.8 Å². The van der Waals surface area contributed by atoms with Crippen LogP contribution in [0, 0.1) is 5.92 Å². The van der Waals surface area contributed by atoms with Gasteiger partial charge in [0.05, 0.1) is 0 Å². The van der Waals surface area contributed by atoms with Gasteiger partial charge in [0.2, 0.25) is 0 Å². The number of phenolic OH excluding ortho intramolecular Hbond substituents is 1. The molecule has 2 aromatic rings. The molecule has 0 amide bonds. The van der Waals surface area contributed by atoms with Gasteiger partial charge in [-0.15, -0.1) is 24.8 Å². The van der Waals surface area contributed by atoms with E-state index >= 15 is 0 Å². The minimum absolute atomic E-state index is 0. The van der Waals surface area contributed by atoms with E-state index in [2.05, 4.69) is 34.5 Å². The maximum Gasteiger partial charge on any atom is 0.121 e. The number of nitrogens with zero attached hydrogens (tertiary/aromatic N) is 1. The summed E-state index contributed by atoms with van der Waals surface area (Å²) in [7, 11) is 0. The summed E-state index contributed by atoms with van der Waals surface area (Å²) in [4.78, 5) is 2.57. The second kappa shape index (κ2) is 7.71. The van der Waals surface area contributed by atoms with Crippen LogP contribution < -0.4 is 5.32 Å². The second-order valence-electron chi connectivity index (χ2n) is 6.29. The fourth-order valence-corrected chi connectivity index (χ4v) is 3.68. The number of halogens is 2. The quantitative estimate of drug-likeness (QED) is 0.880. The van der Waals surface area contributed by atoms with Crippen LogP contribution in [0.2, 0.25) is 0 Å². The van der Waals surface area contributed by atoms with Crippen molar-refractivity contribution in [3.05, 3.63) is 42.0 Å². The van der Waals surface area contributed by atoms with Crippen molar-refractivity contribution in [2.75, 3.05) is 26.2 Å². The standard InChI is InChI=1S/C18H22N2O.2ClH/c21-16-8-7-13-3-1-2-4-15(13)17(16)18(14-5-6-14)20-11-9-19-10-12-20;;/h1-4,7-8,14,18-19,21H,5-6,9-12H2;2*1H/t18-;;/m0../s1. The summed E-state index contributed by atoms with van der Waals surface area (Å²) in [6.45, 7) is 4.25. The van der Waals surface area contributed by atoms with E-state index < -0.39 is 0 Å². The van der Waals surface area contributed by atoms with Gasteiger partial charge in [0, 0.05) is 37.8 Å². The molecule has 0 spiro atoms. The molecule has 0 aromatic heterocycles. The summed E-state index contributed by atoms with van der Waals surface area (Å²) >= 11 is 0. The summed E-state index contributed by atoms with van der Waals surface area (Å²) in [5.74, 6) is 1.17. The largest absolute Gasteiger partial charge is 0.508 e. The van der Waals surface area contributed by atoms with Crippen molar-refractivity contribution >= 4 is 35.6 Å². The molecule has 4 rings (SSSR count). The molecule has 3 nitrogen and oxygen atoms in total. The Bertz CT molecular complexity index is 655. The zero-order chi connectivity index (χ0) is 14.2. The molecule has 2 N–H and O–H groups in total. The Kier molecular flexibility index (Phi) is 6.15. The van der Waals surface area contributed by atoms with Crippen LogP contribution in [0.15, 0.2) is 36.4 Å². The molecular weight excluding hydrogens is 331 g/mol. The van der Waals surface area contributed by atoms with Gasteiger partial charge in [-0.05, 0) is 35.6 Å². The number of fused-ring (bicyclic) bond motifs is 1. The lowest BCUT2D eigenvalue weighted by molar-refractivity contribution is 0.155. The van der Waals surface area contributed by atoms with Gasteiger partial charge in [-0.1, -0.05) is 30.3 Å². The fourth-order valence-electron chi connectivity index (χ4n) is 3.68. The van der Waals surface area contributed by atoms with Crippen molar-refractivity contribution < 1.29 is 5.11 Å². The van der Waals surface area contributed by atoms with Crippen molar-refractivity contribution in [3.8, 4) is 5.75 Å². The highest BCUT2D eigenvalue weighted by Gasteiger charge is 2.38. The lowest BCUT2D eigenvalue weighted by Gasteiger charge is -2.36. The molecule has 5 heteroatoms. The first kappa shape index (κ1) is 18.3. The molecule has 1 atom stereocenters. The van der Waals surface area contributed by atoms with Crippen LogP contribution in [0.4, 0.5) is 0 Å². The number of aromatic hydroxyl groups is 1. The Morgan fingerprint density at radius 3 is 2.39 bits per heavy atom. The summed E-state index contributed by atoms with van der Waals surface area (Å²) < 4.78 is 0. The summed E-state index contributed by atoms with van der Waals surface area (Å²) in [5, 5.41) is 16.4. The van der Waals surface area contributed by atoms with Crippen LogP contribution in [-0.2, 0) is 0 Å². The monoisotopic (exact) mass is 354 g/mol. The number of rotatable bonds is 3. The molecule has 1 aliphatic heterocycles. The normalized spacial score (nSPS) is 19.7. The molecule has 1 saturated heterocycles. The third-order valence-corrected chi connectivity index (χ3v) is 4.86. The van der Waals surface area contributed by atoms with Gasteiger partial charge in [-0.2, -0.15) is 0 Å². The minimum atomic E-state index is 0. The second-order valence-corrected chi connectivity index (χ2v) is 6.29. The number of hydrogen-bond acceptors (Lipinski definition) is 3. The van der Waals surface area contributed by atoms with Gasteiger partial charge in [-0.25, -0.2) is 0 Å². The number of phenols is 1. The van der Waals surface area contributed by atoms with Gasteiger partial charge in [-0.3, -0.25) is 4.90 Å². The first-order chi connectivity index (χ1) is 10.3. The van der Waals surface area contributed by atoms with Gasteiger partial charge in [0.15, 0.2) is 0 Å². The average molecular weight is 355 g/mol. The van der Waals surface area contributed by atoms with E-state index in [0.717, 1.165) is 31.7 Å². The smallest absolute Gasteiger partial charge is 0.121 e. The molecule has 1 aliphatic carbocycles. The topological polar surface area (TPSA) is 35.5 Å². The van der Waals surface area contributed by atoms with E-state index in [9.17, 15) is 5.11 Å². The Hall–Kier alpha value is -1.00. The van der Waals surface area contributed by atoms with E-state index in [1.54, 1.807) is 0 Å². The number of piperazine rings is 1. The van der Waals surface area contributed by atoms with Crippen molar-refractivity contribution in [2.45, 2.75) is 18.9 Å². The van der Waals surface area contributed by atoms with Gasteiger partial charge >= 0.3 is 0 Å². The molecular formula is C18H24Cl2N2O. The highest BCUT2D eigenvalue weighted by molar-refractivity contribution is 5.88. The first-order valence-electron chi connectivity index (χ1n) is 8.00. The average Bonchev–Trinajstić information content (AvgIpc) is 3.36. The van der Waals surface area contributed by atoms with E-state index in [1.807, 2.05) is 12.1 Å². The molecule has 2 aromatic carbocycles. The number of nitrogens with one attached hydrogen (secondary N) is 1. The summed E-state index contributed by atoms with van der Waals surface area (Å²) in [5.41, 5.74) is 1.15. The van der Waals surface area contributed by atoms with Crippen molar-refractivity contribution in [3.63, 3.8) is 0 Å². The third kappa shape index (κ3) is 3.58. The Morgan fingerprint density at radius 2 is 1.70 bits per heavy atom. The maximum atomic E-state index is 10.5. The van der Waals surface area contributed by atoms with Crippen LogP contribution >= 0.6 is 24.8 Å². The van der Waals surface area contributed by atoms with Crippen LogP contribution in [0.3, 0.4) is 0 Å². The van der Waals surface area contributed by atoms with Gasteiger partial charge < -0.3 is 10.4 Å². The predicted octanol–water partition coefficient (Wildman–Crippen LogP) is 3.75. The van der Waals surface area contributed by atoms with Crippen LogP contribution in [-0.4, -0.2) is 36.2 Å². The molecule has 126 valence electrons. The van der Waals surface area contributed by atoms with Crippen LogP contribution in [0.1, 0.15) is 24.4 Å². The van der Waals surface area contributed by atoms with Crippen LogP contribution in [0.5, 0.6) is 5.75 Å². The predicted molar refractivity (Wildman–Crippen MR) is 100 cm³/mol. The zero-order valence-corrected chi connectivity index (χ0v) is 14.7. The summed E-state index contributed by atoms with van der Waals surface area (Å²) in [6, 6.07) is 12.7. The van der Waals surface area contributed by atoms with E-state index in [1.165, 1.54) is 23.6 Å². The minimum Gasteiger partial charge on any atom is -0.508 e. The lowest BCUT2D eigenvalue weighted by Crippen LogP contribution is -2.45. The zero-order valence-electron chi connectivity index (χ0n) is 13.1. The maximum absolute atomic E-state index is 10.5. The molecule has 1 heterocycles. The van der Waals surface area contributed by atoms with E-state index in [0.29, 0.717) is 17.7 Å². The van der Waals surface area contributed by atoms with Crippen molar-refractivity contribution in [2.24, 2.45) is 5.92 Å². The molecule has 0 unspecified atom stereocenters. The van der Waals surface area contributed by atoms with Gasteiger partial charge in [0.1, 0.15) is 5.75 Å². The Morgan fingerprint density at radius 1 is 1.00 bits per heavy atom. The molecule has 0 bridgehead atoms. The van der Waals surface area contributed by atoms with Gasteiger partial charge in [0.25, 0.3) is 0 Å². The summed E-state index contributed by atoms with van der Waals surface area (Å²) in [6.07, 6.45) is 2.58. The molecule has 1 saturated carbocycles. The Balaban J connectivity index is 0.000000960. The first-order valence-corrected chi connectivity index (χ1v) is 8.00. The molecule has 23 heavy (non-hydrogen) atoms. The highest BCUT2D eigenvalue weighted by Crippen LogP contribution is 2.48. The van der Waals surface area contributed by atoms with E-state index in [4.69, 9.17) is 0 Å². The molecule has 2 aliphatic rings. The highest BCUT2D eigenvalue weighted by atomic mass is 35.5. The van der Waals surface area contributed by atoms with Crippen LogP contribution in [0.25, 0.3) is 10.8 Å². The number of hydrogen-bond donors (Lipinski definition) is 2. The van der Waals surface area contributed by atoms with Crippen molar-refractivity contribution in [1.29, 1.82) is 0 Å². The molecule has 2 fully saturated rings.